The molecule has 0 aliphatic carbocycles. The predicted octanol–water partition coefficient (Wildman–Crippen LogP) is 3.33. The van der Waals surface area contributed by atoms with Crippen molar-refractivity contribution in [2.75, 3.05) is 11.9 Å². The quantitative estimate of drug-likeness (QED) is 0.773. The molecule has 0 saturated carbocycles. The van der Waals surface area contributed by atoms with Crippen molar-refractivity contribution in [3.05, 3.63) is 24.0 Å². The van der Waals surface area contributed by atoms with Gasteiger partial charge in [-0.15, -0.1) is 0 Å². The van der Waals surface area contributed by atoms with Gasteiger partial charge in [0.25, 0.3) is 0 Å². The maximum absolute atomic E-state index is 13.7. The van der Waals surface area contributed by atoms with E-state index in [-0.39, 0.29) is 17.7 Å². The summed E-state index contributed by atoms with van der Waals surface area (Å²) in [5.74, 6) is -0.301. The molecule has 1 amide bonds. The molecular weight excluding hydrogens is 271 g/mol. The fourth-order valence-electron chi connectivity index (χ4n) is 2.00. The first-order valence-corrected chi connectivity index (χ1v) is 7.51. The zero-order valence-corrected chi connectivity index (χ0v) is 13.2. The number of hydrogen-bond donors (Lipinski definition) is 2. The molecule has 1 unspecified atom stereocenters. The van der Waals surface area contributed by atoms with Crippen molar-refractivity contribution < 1.29 is 13.9 Å². The normalized spacial score (nSPS) is 12.1. The Morgan fingerprint density at radius 3 is 2.48 bits per heavy atom. The fourth-order valence-corrected chi connectivity index (χ4v) is 2.00. The molecule has 0 aliphatic rings. The van der Waals surface area contributed by atoms with E-state index in [2.05, 4.69) is 10.6 Å². The average Bonchev–Trinajstić information content (AvgIpc) is 2.47. The molecule has 4 nitrogen and oxygen atoms in total. The van der Waals surface area contributed by atoms with Crippen molar-refractivity contribution in [2.24, 2.45) is 0 Å². The molecule has 0 spiro atoms. The van der Waals surface area contributed by atoms with Crippen LogP contribution in [-0.4, -0.2) is 24.6 Å². The molecule has 0 fully saturated rings. The van der Waals surface area contributed by atoms with E-state index in [4.69, 9.17) is 4.74 Å². The van der Waals surface area contributed by atoms with Crippen molar-refractivity contribution in [3.8, 4) is 5.75 Å². The van der Waals surface area contributed by atoms with Crippen molar-refractivity contribution in [2.45, 2.75) is 52.6 Å². The number of ether oxygens (including phenoxy) is 1. The molecule has 1 aromatic rings. The summed E-state index contributed by atoms with van der Waals surface area (Å²) in [6.45, 7) is 8.04. The molecule has 2 N–H and O–H groups in total. The Kier molecular flexibility index (Phi) is 6.99. The predicted molar refractivity (Wildman–Crippen MR) is 83.2 cm³/mol. The van der Waals surface area contributed by atoms with E-state index in [9.17, 15) is 9.18 Å². The van der Waals surface area contributed by atoms with Crippen LogP contribution >= 0.6 is 0 Å². The van der Waals surface area contributed by atoms with E-state index in [0.29, 0.717) is 12.3 Å². The minimum Gasteiger partial charge on any atom is -0.491 e. The van der Waals surface area contributed by atoms with E-state index in [0.717, 1.165) is 12.8 Å². The van der Waals surface area contributed by atoms with Gasteiger partial charge in [0.1, 0.15) is 6.04 Å². The van der Waals surface area contributed by atoms with E-state index in [1.54, 1.807) is 26.0 Å². The maximum Gasteiger partial charge on any atom is 0.242 e. The zero-order chi connectivity index (χ0) is 15.8. The molecule has 1 atom stereocenters. The van der Waals surface area contributed by atoms with Gasteiger partial charge in [-0.3, -0.25) is 4.79 Å². The summed E-state index contributed by atoms with van der Waals surface area (Å²) in [5, 5.41) is 5.96. The summed E-state index contributed by atoms with van der Waals surface area (Å²) in [6, 6.07) is 4.36. The topological polar surface area (TPSA) is 50.4 Å². The Morgan fingerprint density at radius 2 is 1.95 bits per heavy atom. The van der Waals surface area contributed by atoms with E-state index >= 15 is 0 Å². The van der Waals surface area contributed by atoms with E-state index < -0.39 is 11.9 Å². The second-order valence-electron chi connectivity index (χ2n) is 4.97. The van der Waals surface area contributed by atoms with Crippen LogP contribution in [0.15, 0.2) is 18.2 Å². The highest BCUT2D eigenvalue weighted by atomic mass is 19.1. The van der Waals surface area contributed by atoms with Gasteiger partial charge in [-0.25, -0.2) is 4.39 Å². The Hall–Kier alpha value is -1.78. The number of carbonyl (C=O) groups is 1. The first kappa shape index (κ1) is 17.3. The second kappa shape index (κ2) is 8.49. The van der Waals surface area contributed by atoms with Gasteiger partial charge < -0.3 is 15.4 Å². The highest BCUT2D eigenvalue weighted by molar-refractivity contribution is 5.84. The van der Waals surface area contributed by atoms with Gasteiger partial charge >= 0.3 is 0 Å². The van der Waals surface area contributed by atoms with Crippen LogP contribution in [0.4, 0.5) is 10.1 Å². The standard InChI is InChI=1S/C16H25FN2O2/c1-5-12(6-2)19-16(20)11(4)18-13-8-9-15(21-7-3)14(17)10-13/h8-12,18H,5-7H2,1-4H3,(H,19,20). The monoisotopic (exact) mass is 296 g/mol. The lowest BCUT2D eigenvalue weighted by atomic mass is 10.1. The lowest BCUT2D eigenvalue weighted by Crippen LogP contribution is -2.42. The number of anilines is 1. The van der Waals surface area contributed by atoms with E-state index in [1.165, 1.54) is 6.07 Å². The number of nitrogens with one attached hydrogen (secondary N) is 2. The molecule has 118 valence electrons. The third-order valence-electron chi connectivity index (χ3n) is 3.34. The Labute approximate surface area is 126 Å². The van der Waals surface area contributed by atoms with Crippen molar-refractivity contribution in [1.82, 2.24) is 5.32 Å². The van der Waals surface area contributed by atoms with Gasteiger partial charge in [0, 0.05) is 17.8 Å². The van der Waals surface area contributed by atoms with Crippen molar-refractivity contribution >= 4 is 11.6 Å². The summed E-state index contributed by atoms with van der Waals surface area (Å²) in [6.07, 6.45) is 1.79. The molecule has 21 heavy (non-hydrogen) atoms. The molecule has 0 radical (unpaired) electrons. The van der Waals surface area contributed by atoms with Crippen LogP contribution in [0, 0.1) is 5.82 Å². The molecule has 0 heterocycles. The summed E-state index contributed by atoms with van der Waals surface area (Å²) < 4.78 is 18.9. The third kappa shape index (κ3) is 5.25. The fraction of sp³-hybridized carbons (Fsp3) is 0.562. The van der Waals surface area contributed by atoms with Crippen molar-refractivity contribution in [1.29, 1.82) is 0 Å². The highest BCUT2D eigenvalue weighted by Gasteiger charge is 2.16. The van der Waals surface area contributed by atoms with Crippen LogP contribution in [0.25, 0.3) is 0 Å². The molecular formula is C16H25FN2O2. The number of carbonyl (C=O) groups excluding carboxylic acids is 1. The van der Waals surface area contributed by atoms with Gasteiger partial charge in [0.05, 0.1) is 6.61 Å². The third-order valence-corrected chi connectivity index (χ3v) is 3.34. The molecule has 1 rings (SSSR count). The van der Waals surface area contributed by atoms with Crippen LogP contribution in [-0.2, 0) is 4.79 Å². The summed E-state index contributed by atoms with van der Waals surface area (Å²) in [5.41, 5.74) is 0.558. The number of hydrogen-bond acceptors (Lipinski definition) is 3. The number of amides is 1. The van der Waals surface area contributed by atoms with Gasteiger partial charge in [0.2, 0.25) is 5.91 Å². The van der Waals surface area contributed by atoms with Gasteiger partial charge in [0.15, 0.2) is 11.6 Å². The highest BCUT2D eigenvalue weighted by Crippen LogP contribution is 2.21. The van der Waals surface area contributed by atoms with Crippen LogP contribution < -0.4 is 15.4 Å². The molecule has 1 aromatic carbocycles. The molecule has 0 aliphatic heterocycles. The molecule has 0 aromatic heterocycles. The minimum absolute atomic E-state index is 0.0852. The second-order valence-corrected chi connectivity index (χ2v) is 4.97. The number of benzene rings is 1. The minimum atomic E-state index is -0.436. The summed E-state index contributed by atoms with van der Waals surface area (Å²) in [7, 11) is 0. The van der Waals surface area contributed by atoms with Gasteiger partial charge in [-0.2, -0.15) is 0 Å². The SMILES string of the molecule is CCOc1ccc(NC(C)C(=O)NC(CC)CC)cc1F. The Morgan fingerprint density at radius 1 is 1.29 bits per heavy atom. The largest absolute Gasteiger partial charge is 0.491 e. The Balaban J connectivity index is 2.63. The van der Waals surface area contributed by atoms with Crippen LogP contribution in [0.5, 0.6) is 5.75 Å². The summed E-state index contributed by atoms with van der Waals surface area (Å²) in [4.78, 5) is 12.0. The van der Waals surface area contributed by atoms with E-state index in [1.807, 2.05) is 13.8 Å². The van der Waals surface area contributed by atoms with Gasteiger partial charge in [-0.1, -0.05) is 13.8 Å². The molecule has 0 saturated heterocycles. The average molecular weight is 296 g/mol. The summed E-state index contributed by atoms with van der Waals surface area (Å²) >= 11 is 0. The maximum atomic E-state index is 13.7. The number of halogens is 1. The zero-order valence-electron chi connectivity index (χ0n) is 13.2. The Bertz CT molecular complexity index is 462. The molecule has 5 heteroatoms. The van der Waals surface area contributed by atoms with Crippen LogP contribution in [0.2, 0.25) is 0 Å². The smallest absolute Gasteiger partial charge is 0.242 e. The number of rotatable bonds is 8. The first-order chi connectivity index (χ1) is 10.0. The van der Waals surface area contributed by atoms with Gasteiger partial charge in [-0.05, 0) is 38.8 Å². The molecule has 0 bridgehead atoms. The van der Waals surface area contributed by atoms with Crippen LogP contribution in [0.1, 0.15) is 40.5 Å². The van der Waals surface area contributed by atoms with Crippen molar-refractivity contribution in [3.63, 3.8) is 0 Å². The first-order valence-electron chi connectivity index (χ1n) is 7.51. The van der Waals surface area contributed by atoms with Crippen LogP contribution in [0.3, 0.4) is 0 Å². The lowest BCUT2D eigenvalue weighted by molar-refractivity contribution is -0.122. The lowest BCUT2D eigenvalue weighted by Gasteiger charge is -2.20.